The largest absolute Gasteiger partial charge is 0.496 e. The van der Waals surface area contributed by atoms with E-state index in [1.54, 1.807) is 13.2 Å². The summed E-state index contributed by atoms with van der Waals surface area (Å²) in [5, 5.41) is 3.01. The molecule has 0 radical (unpaired) electrons. The Bertz CT molecular complexity index is 608. The third-order valence-electron chi connectivity index (χ3n) is 3.58. The monoisotopic (exact) mass is 283 g/mol. The van der Waals surface area contributed by atoms with Gasteiger partial charge in [-0.2, -0.15) is 0 Å². The molecule has 0 saturated carbocycles. The standard InChI is InChI=1S/C18H21NO2/c1-4-14-10-11-16(12-17(14)21-3)18(20)19-13(2)15-8-6-5-7-9-15/h5-13H,4H2,1-3H3,(H,19,20). The molecule has 0 aromatic heterocycles. The molecule has 0 saturated heterocycles. The maximum Gasteiger partial charge on any atom is 0.251 e. The topological polar surface area (TPSA) is 38.3 Å². The summed E-state index contributed by atoms with van der Waals surface area (Å²) in [6.07, 6.45) is 0.880. The normalized spacial score (nSPS) is 11.8. The summed E-state index contributed by atoms with van der Waals surface area (Å²) >= 11 is 0. The summed E-state index contributed by atoms with van der Waals surface area (Å²) in [6, 6.07) is 15.5. The van der Waals surface area contributed by atoms with Crippen LogP contribution in [0.5, 0.6) is 5.75 Å². The minimum Gasteiger partial charge on any atom is -0.496 e. The molecule has 0 fully saturated rings. The van der Waals surface area contributed by atoms with Gasteiger partial charge in [-0.05, 0) is 36.6 Å². The van der Waals surface area contributed by atoms with E-state index in [2.05, 4.69) is 12.2 Å². The fraction of sp³-hybridized carbons (Fsp3) is 0.278. The van der Waals surface area contributed by atoms with Gasteiger partial charge in [-0.1, -0.05) is 43.3 Å². The average molecular weight is 283 g/mol. The minimum absolute atomic E-state index is 0.0319. The molecule has 3 nitrogen and oxygen atoms in total. The number of carbonyl (C=O) groups is 1. The van der Waals surface area contributed by atoms with Crippen LogP contribution in [-0.4, -0.2) is 13.0 Å². The van der Waals surface area contributed by atoms with Gasteiger partial charge in [0.2, 0.25) is 0 Å². The van der Waals surface area contributed by atoms with Crippen molar-refractivity contribution in [2.24, 2.45) is 0 Å². The number of hydrogen-bond acceptors (Lipinski definition) is 2. The van der Waals surface area contributed by atoms with E-state index in [1.165, 1.54) is 0 Å². The number of aryl methyl sites for hydroxylation is 1. The van der Waals surface area contributed by atoms with Crippen LogP contribution in [0.2, 0.25) is 0 Å². The zero-order chi connectivity index (χ0) is 15.2. The van der Waals surface area contributed by atoms with Crippen molar-refractivity contribution < 1.29 is 9.53 Å². The summed E-state index contributed by atoms with van der Waals surface area (Å²) in [5.41, 5.74) is 2.81. The number of benzene rings is 2. The fourth-order valence-corrected chi connectivity index (χ4v) is 2.28. The highest BCUT2D eigenvalue weighted by molar-refractivity contribution is 5.95. The Morgan fingerprint density at radius 2 is 1.90 bits per heavy atom. The van der Waals surface area contributed by atoms with Gasteiger partial charge in [0.25, 0.3) is 5.91 Å². The second-order valence-corrected chi connectivity index (χ2v) is 4.99. The molecule has 110 valence electrons. The fourth-order valence-electron chi connectivity index (χ4n) is 2.28. The van der Waals surface area contributed by atoms with Crippen LogP contribution in [0.3, 0.4) is 0 Å². The third kappa shape index (κ3) is 3.63. The summed E-state index contributed by atoms with van der Waals surface area (Å²) in [6.45, 7) is 4.04. The lowest BCUT2D eigenvalue weighted by molar-refractivity contribution is 0.0939. The molecule has 0 aliphatic heterocycles. The van der Waals surface area contributed by atoms with Crippen molar-refractivity contribution in [2.75, 3.05) is 7.11 Å². The van der Waals surface area contributed by atoms with Gasteiger partial charge in [-0.3, -0.25) is 4.79 Å². The van der Waals surface area contributed by atoms with Crippen molar-refractivity contribution in [2.45, 2.75) is 26.3 Å². The van der Waals surface area contributed by atoms with Gasteiger partial charge in [-0.25, -0.2) is 0 Å². The van der Waals surface area contributed by atoms with E-state index in [1.807, 2.05) is 49.4 Å². The highest BCUT2D eigenvalue weighted by Crippen LogP contribution is 2.21. The van der Waals surface area contributed by atoms with Crippen LogP contribution in [0.1, 0.15) is 41.4 Å². The number of rotatable bonds is 5. The Morgan fingerprint density at radius 3 is 2.52 bits per heavy atom. The van der Waals surface area contributed by atoms with Gasteiger partial charge in [-0.15, -0.1) is 0 Å². The van der Waals surface area contributed by atoms with Crippen LogP contribution in [0.25, 0.3) is 0 Å². The van der Waals surface area contributed by atoms with Crippen molar-refractivity contribution in [3.05, 3.63) is 65.2 Å². The first-order chi connectivity index (χ1) is 10.2. The lowest BCUT2D eigenvalue weighted by Gasteiger charge is -2.15. The van der Waals surface area contributed by atoms with Crippen molar-refractivity contribution in [3.8, 4) is 5.75 Å². The molecule has 0 aliphatic rings. The second-order valence-electron chi connectivity index (χ2n) is 4.99. The van der Waals surface area contributed by atoms with Crippen LogP contribution in [0, 0.1) is 0 Å². The Labute approximate surface area is 126 Å². The SMILES string of the molecule is CCc1ccc(C(=O)NC(C)c2ccccc2)cc1OC. The van der Waals surface area contributed by atoms with E-state index in [-0.39, 0.29) is 11.9 Å². The zero-order valence-corrected chi connectivity index (χ0v) is 12.7. The molecule has 1 amide bonds. The van der Waals surface area contributed by atoms with Crippen molar-refractivity contribution in [3.63, 3.8) is 0 Å². The van der Waals surface area contributed by atoms with Crippen LogP contribution >= 0.6 is 0 Å². The Hall–Kier alpha value is -2.29. The molecule has 1 N–H and O–H groups in total. The van der Waals surface area contributed by atoms with E-state index in [0.717, 1.165) is 23.3 Å². The van der Waals surface area contributed by atoms with Crippen LogP contribution in [-0.2, 0) is 6.42 Å². The van der Waals surface area contributed by atoms with Crippen molar-refractivity contribution in [1.29, 1.82) is 0 Å². The van der Waals surface area contributed by atoms with Gasteiger partial charge in [0.15, 0.2) is 0 Å². The second kappa shape index (κ2) is 6.93. The molecule has 21 heavy (non-hydrogen) atoms. The Balaban J connectivity index is 2.13. The number of hydrogen-bond donors (Lipinski definition) is 1. The maximum absolute atomic E-state index is 12.3. The van der Waals surface area contributed by atoms with Crippen LogP contribution in [0.15, 0.2) is 48.5 Å². The van der Waals surface area contributed by atoms with Gasteiger partial charge < -0.3 is 10.1 Å². The van der Waals surface area contributed by atoms with Crippen molar-refractivity contribution >= 4 is 5.91 Å². The first kappa shape index (κ1) is 15.1. The smallest absolute Gasteiger partial charge is 0.251 e. The molecular formula is C18H21NO2. The molecule has 1 unspecified atom stereocenters. The first-order valence-electron chi connectivity index (χ1n) is 7.18. The molecule has 2 aromatic rings. The highest BCUT2D eigenvalue weighted by Gasteiger charge is 2.13. The van der Waals surface area contributed by atoms with Gasteiger partial charge in [0.1, 0.15) is 5.75 Å². The van der Waals surface area contributed by atoms with Gasteiger partial charge in [0, 0.05) is 5.56 Å². The van der Waals surface area contributed by atoms with Gasteiger partial charge >= 0.3 is 0 Å². The molecule has 2 rings (SSSR count). The number of nitrogens with one attached hydrogen (secondary N) is 1. The first-order valence-corrected chi connectivity index (χ1v) is 7.18. The van der Waals surface area contributed by atoms with E-state index >= 15 is 0 Å². The van der Waals surface area contributed by atoms with Crippen LogP contribution < -0.4 is 10.1 Å². The number of methoxy groups -OCH3 is 1. The minimum atomic E-state index is -0.0905. The quantitative estimate of drug-likeness (QED) is 0.907. The molecule has 1 atom stereocenters. The number of carbonyl (C=O) groups excluding carboxylic acids is 1. The molecule has 0 bridgehead atoms. The summed E-state index contributed by atoms with van der Waals surface area (Å²) in [4.78, 5) is 12.3. The van der Waals surface area contributed by atoms with E-state index in [0.29, 0.717) is 5.56 Å². The van der Waals surface area contributed by atoms with E-state index < -0.39 is 0 Å². The highest BCUT2D eigenvalue weighted by atomic mass is 16.5. The predicted molar refractivity (Wildman–Crippen MR) is 84.7 cm³/mol. The average Bonchev–Trinajstić information content (AvgIpc) is 2.54. The molecule has 0 heterocycles. The van der Waals surface area contributed by atoms with Gasteiger partial charge in [0.05, 0.1) is 13.2 Å². The lowest BCUT2D eigenvalue weighted by Crippen LogP contribution is -2.26. The summed E-state index contributed by atoms with van der Waals surface area (Å²) in [7, 11) is 1.63. The van der Waals surface area contributed by atoms with Crippen molar-refractivity contribution in [1.82, 2.24) is 5.32 Å². The van der Waals surface area contributed by atoms with E-state index in [9.17, 15) is 4.79 Å². The molecule has 2 aromatic carbocycles. The molecule has 0 aliphatic carbocycles. The number of amides is 1. The summed E-state index contributed by atoms with van der Waals surface area (Å²) in [5.74, 6) is 0.671. The predicted octanol–water partition coefficient (Wildman–Crippen LogP) is 3.75. The molecule has 0 spiro atoms. The number of ether oxygens (including phenoxy) is 1. The van der Waals surface area contributed by atoms with E-state index in [4.69, 9.17) is 4.74 Å². The molecule has 3 heteroatoms. The molecular weight excluding hydrogens is 262 g/mol. The Morgan fingerprint density at radius 1 is 1.19 bits per heavy atom. The zero-order valence-electron chi connectivity index (χ0n) is 12.7. The lowest BCUT2D eigenvalue weighted by atomic mass is 10.1. The summed E-state index contributed by atoms with van der Waals surface area (Å²) < 4.78 is 5.34. The van der Waals surface area contributed by atoms with Crippen LogP contribution in [0.4, 0.5) is 0 Å². The third-order valence-corrected chi connectivity index (χ3v) is 3.58. The Kier molecular flexibility index (Phi) is 4.99. The maximum atomic E-state index is 12.3.